The second kappa shape index (κ2) is 5.86. The molecule has 5 aromatic carbocycles. The van der Waals surface area contributed by atoms with Crippen molar-refractivity contribution in [3.63, 3.8) is 0 Å². The molecule has 0 saturated carbocycles. The maximum atomic E-state index is 2.45. The molecule has 0 aromatic heterocycles. The zero-order valence-electron chi connectivity index (χ0n) is 18.0. The molecule has 5 aromatic rings. The van der Waals surface area contributed by atoms with Crippen LogP contribution in [0.2, 0.25) is 0 Å². The second-order valence-electron chi connectivity index (χ2n) is 9.75. The molecule has 0 nitrogen and oxygen atoms in total. The molecule has 2 aliphatic rings. The van der Waals surface area contributed by atoms with Gasteiger partial charge in [0.2, 0.25) is 0 Å². The van der Waals surface area contributed by atoms with Gasteiger partial charge in [0.25, 0.3) is 0 Å². The van der Waals surface area contributed by atoms with E-state index in [1.807, 2.05) is 0 Å². The predicted molar refractivity (Wildman–Crippen MR) is 132 cm³/mol. The molecule has 0 aliphatic heterocycles. The summed E-state index contributed by atoms with van der Waals surface area (Å²) >= 11 is 0. The maximum absolute atomic E-state index is 2.45. The summed E-state index contributed by atoms with van der Waals surface area (Å²) < 4.78 is 0. The third kappa shape index (κ3) is 2.25. The normalized spacial score (nSPS) is 15.4. The van der Waals surface area contributed by atoms with Crippen LogP contribution in [0.5, 0.6) is 0 Å². The fourth-order valence-corrected chi connectivity index (χ4v) is 6.13. The van der Waals surface area contributed by atoms with Gasteiger partial charge in [-0.3, -0.25) is 0 Å². The van der Waals surface area contributed by atoms with Crippen LogP contribution in [-0.2, 0) is 18.3 Å². The molecule has 0 heteroatoms. The Labute approximate surface area is 183 Å². The Balaban J connectivity index is 1.46. The van der Waals surface area contributed by atoms with Crippen molar-refractivity contribution in [1.82, 2.24) is 0 Å². The first-order valence-electron chi connectivity index (χ1n) is 11.3. The monoisotopic (exact) mass is 396 g/mol. The van der Waals surface area contributed by atoms with Crippen molar-refractivity contribution in [1.29, 1.82) is 0 Å². The number of benzene rings is 5. The zero-order valence-corrected chi connectivity index (χ0v) is 18.0. The van der Waals surface area contributed by atoms with E-state index in [9.17, 15) is 0 Å². The van der Waals surface area contributed by atoms with Crippen molar-refractivity contribution < 1.29 is 0 Å². The van der Waals surface area contributed by atoms with Gasteiger partial charge in [-0.2, -0.15) is 0 Å². The van der Waals surface area contributed by atoms with Crippen molar-refractivity contribution >= 4 is 21.5 Å². The Kier molecular flexibility index (Phi) is 3.27. The van der Waals surface area contributed by atoms with E-state index in [1.54, 1.807) is 0 Å². The standard InChI is InChI=1S/C31H24/c1-31(2)27-9-4-3-8-25(27)26-15-14-21(18-28(26)31)24-16-22-12-10-19-6-5-7-20-11-13-23(17-24)30(22)29(19)20/h3-10,12,14-18H,11,13H2,1-2H3. The summed E-state index contributed by atoms with van der Waals surface area (Å²) in [7, 11) is 0. The third-order valence-electron chi connectivity index (χ3n) is 7.71. The van der Waals surface area contributed by atoms with E-state index in [4.69, 9.17) is 0 Å². The van der Waals surface area contributed by atoms with Gasteiger partial charge in [-0.25, -0.2) is 0 Å². The Morgan fingerprint density at radius 3 is 2.26 bits per heavy atom. The summed E-state index contributed by atoms with van der Waals surface area (Å²) in [6.07, 6.45) is 2.27. The lowest BCUT2D eigenvalue weighted by Crippen LogP contribution is -2.14. The summed E-state index contributed by atoms with van der Waals surface area (Å²) in [6.45, 7) is 4.72. The van der Waals surface area contributed by atoms with E-state index in [-0.39, 0.29) is 5.41 Å². The van der Waals surface area contributed by atoms with Crippen molar-refractivity contribution in [2.45, 2.75) is 32.1 Å². The van der Waals surface area contributed by atoms with Crippen molar-refractivity contribution in [2.24, 2.45) is 0 Å². The van der Waals surface area contributed by atoms with Crippen LogP contribution in [0, 0.1) is 0 Å². The van der Waals surface area contributed by atoms with Gasteiger partial charge in [0.15, 0.2) is 0 Å². The highest BCUT2D eigenvalue weighted by Gasteiger charge is 2.35. The van der Waals surface area contributed by atoms with Crippen molar-refractivity contribution in [3.05, 3.63) is 107 Å². The van der Waals surface area contributed by atoms with Gasteiger partial charge in [0.05, 0.1) is 0 Å². The lowest BCUT2D eigenvalue weighted by atomic mass is 9.81. The predicted octanol–water partition coefficient (Wildman–Crippen LogP) is 8.06. The molecule has 0 fully saturated rings. The molecular formula is C31H24. The SMILES string of the molecule is CC1(C)c2ccccc2-c2ccc(-c3cc4c5c(ccc6cccc(c65)CC4)c3)cc21. The largest absolute Gasteiger partial charge is 0.0619 e. The van der Waals surface area contributed by atoms with Gasteiger partial charge in [0, 0.05) is 5.41 Å². The lowest BCUT2D eigenvalue weighted by molar-refractivity contribution is 0.660. The molecule has 0 heterocycles. The van der Waals surface area contributed by atoms with Gasteiger partial charge in [-0.05, 0) is 91.0 Å². The average molecular weight is 397 g/mol. The summed E-state index contributed by atoms with van der Waals surface area (Å²) in [5.74, 6) is 0. The van der Waals surface area contributed by atoms with Gasteiger partial charge in [-0.1, -0.05) is 86.6 Å². The third-order valence-corrected chi connectivity index (χ3v) is 7.71. The molecule has 0 bridgehead atoms. The Morgan fingerprint density at radius 1 is 0.548 bits per heavy atom. The molecule has 0 saturated heterocycles. The molecule has 0 unspecified atom stereocenters. The smallest absolute Gasteiger partial charge is 0.0159 e. The van der Waals surface area contributed by atoms with Crippen LogP contribution >= 0.6 is 0 Å². The van der Waals surface area contributed by atoms with Crippen molar-refractivity contribution in [3.8, 4) is 22.3 Å². The van der Waals surface area contributed by atoms with Gasteiger partial charge < -0.3 is 0 Å². The fourth-order valence-electron chi connectivity index (χ4n) is 6.13. The zero-order chi connectivity index (χ0) is 20.7. The van der Waals surface area contributed by atoms with Gasteiger partial charge >= 0.3 is 0 Å². The van der Waals surface area contributed by atoms with E-state index < -0.39 is 0 Å². The summed E-state index contributed by atoms with van der Waals surface area (Å²) in [5.41, 5.74) is 11.4. The van der Waals surface area contributed by atoms with Crippen LogP contribution in [0.25, 0.3) is 43.8 Å². The number of hydrogen-bond donors (Lipinski definition) is 0. The number of hydrogen-bond acceptors (Lipinski definition) is 0. The molecular weight excluding hydrogens is 372 g/mol. The minimum Gasteiger partial charge on any atom is -0.0619 e. The number of fused-ring (bicyclic) bond motifs is 3. The van der Waals surface area contributed by atoms with Crippen LogP contribution in [-0.4, -0.2) is 0 Å². The molecule has 0 amide bonds. The van der Waals surface area contributed by atoms with E-state index in [1.165, 1.54) is 66.1 Å². The van der Waals surface area contributed by atoms with Crippen molar-refractivity contribution in [2.75, 3.05) is 0 Å². The summed E-state index contributed by atoms with van der Waals surface area (Å²) in [6, 6.07) is 32.2. The molecule has 0 N–H and O–H groups in total. The van der Waals surface area contributed by atoms with E-state index in [2.05, 4.69) is 98.8 Å². The van der Waals surface area contributed by atoms with Gasteiger partial charge in [-0.15, -0.1) is 0 Å². The van der Waals surface area contributed by atoms with E-state index in [0.29, 0.717) is 0 Å². The maximum Gasteiger partial charge on any atom is 0.0159 e. The highest BCUT2D eigenvalue weighted by Crippen LogP contribution is 2.49. The minimum atomic E-state index is 0.0398. The molecule has 2 aliphatic carbocycles. The van der Waals surface area contributed by atoms with Crippen LogP contribution in [0.3, 0.4) is 0 Å². The van der Waals surface area contributed by atoms with Crippen LogP contribution in [0.1, 0.15) is 36.1 Å². The van der Waals surface area contributed by atoms with Crippen LogP contribution < -0.4 is 0 Å². The first-order valence-corrected chi connectivity index (χ1v) is 11.3. The second-order valence-corrected chi connectivity index (χ2v) is 9.75. The molecule has 0 radical (unpaired) electrons. The molecule has 0 atom stereocenters. The molecule has 31 heavy (non-hydrogen) atoms. The number of rotatable bonds is 1. The molecule has 148 valence electrons. The first kappa shape index (κ1) is 17.3. The van der Waals surface area contributed by atoms with Gasteiger partial charge in [0.1, 0.15) is 0 Å². The summed E-state index contributed by atoms with van der Waals surface area (Å²) in [4.78, 5) is 0. The lowest BCUT2D eigenvalue weighted by Gasteiger charge is -2.23. The Bertz CT molecular complexity index is 1550. The van der Waals surface area contributed by atoms with E-state index in [0.717, 1.165) is 12.8 Å². The highest BCUT2D eigenvalue weighted by atomic mass is 14.4. The topological polar surface area (TPSA) is 0 Å². The fraction of sp³-hybridized carbons (Fsp3) is 0.161. The Morgan fingerprint density at radius 2 is 1.32 bits per heavy atom. The minimum absolute atomic E-state index is 0.0398. The summed E-state index contributed by atoms with van der Waals surface area (Å²) in [5, 5.41) is 5.68. The average Bonchev–Trinajstić information content (AvgIpc) is 3.04. The molecule has 0 spiro atoms. The first-order chi connectivity index (χ1) is 15.1. The quantitative estimate of drug-likeness (QED) is 0.251. The Hall–Kier alpha value is -3.38. The molecule has 7 rings (SSSR count). The van der Waals surface area contributed by atoms with Crippen LogP contribution in [0.15, 0.2) is 84.9 Å². The van der Waals surface area contributed by atoms with E-state index >= 15 is 0 Å². The number of aryl methyl sites for hydroxylation is 2. The highest BCUT2D eigenvalue weighted by molar-refractivity contribution is 6.12. The van der Waals surface area contributed by atoms with Crippen LogP contribution in [0.4, 0.5) is 0 Å².